The maximum Gasteiger partial charge on any atom is 0.0796 e. The minimum atomic E-state index is 0.485. The van der Waals surface area contributed by atoms with Gasteiger partial charge < -0.3 is 5.32 Å². The lowest BCUT2D eigenvalue weighted by atomic mass is 9.92. The highest BCUT2D eigenvalue weighted by molar-refractivity contribution is 5.10. The first-order valence-corrected chi connectivity index (χ1v) is 6.51. The Kier molecular flexibility index (Phi) is 2.51. The number of hydrogen-bond acceptors (Lipinski definition) is 2. The Morgan fingerprint density at radius 3 is 2.75 bits per heavy atom. The van der Waals surface area contributed by atoms with Crippen molar-refractivity contribution in [2.45, 2.75) is 32.2 Å². The highest BCUT2D eigenvalue weighted by Crippen LogP contribution is 2.56. The van der Waals surface area contributed by atoms with Crippen LogP contribution in [0.15, 0.2) is 12.3 Å². The summed E-state index contributed by atoms with van der Waals surface area (Å²) in [6.07, 6.45) is 6.38. The van der Waals surface area contributed by atoms with E-state index in [1.165, 1.54) is 25.0 Å². The van der Waals surface area contributed by atoms with Crippen molar-refractivity contribution in [3.63, 3.8) is 0 Å². The van der Waals surface area contributed by atoms with E-state index in [0.717, 1.165) is 24.3 Å². The van der Waals surface area contributed by atoms with Crippen LogP contribution in [0.3, 0.4) is 0 Å². The molecular formula is C13H21N3. The Morgan fingerprint density at radius 2 is 2.19 bits per heavy atom. The zero-order valence-corrected chi connectivity index (χ0v) is 10.2. The average Bonchev–Trinajstić information content (AvgIpc) is 2.71. The fourth-order valence-corrected chi connectivity index (χ4v) is 3.37. The number of aromatic nitrogens is 2. The van der Waals surface area contributed by atoms with Crippen molar-refractivity contribution in [1.29, 1.82) is 0 Å². The molecule has 0 aliphatic heterocycles. The van der Waals surface area contributed by atoms with Gasteiger partial charge in [-0.1, -0.05) is 6.92 Å². The molecule has 0 spiro atoms. The Bertz CT molecular complexity index is 361. The predicted molar refractivity (Wildman–Crippen MR) is 63.9 cm³/mol. The lowest BCUT2D eigenvalue weighted by molar-refractivity contribution is 0.339. The van der Waals surface area contributed by atoms with Crippen molar-refractivity contribution in [3.05, 3.63) is 18.0 Å². The van der Waals surface area contributed by atoms with Crippen LogP contribution < -0.4 is 5.32 Å². The lowest BCUT2D eigenvalue weighted by Crippen LogP contribution is -2.28. The maximum absolute atomic E-state index is 4.57. The summed E-state index contributed by atoms with van der Waals surface area (Å²) >= 11 is 0. The van der Waals surface area contributed by atoms with E-state index in [1.54, 1.807) is 0 Å². The van der Waals surface area contributed by atoms with Gasteiger partial charge in [0.05, 0.1) is 11.7 Å². The van der Waals surface area contributed by atoms with Crippen molar-refractivity contribution < 1.29 is 0 Å². The van der Waals surface area contributed by atoms with Crippen LogP contribution >= 0.6 is 0 Å². The Morgan fingerprint density at radius 1 is 1.44 bits per heavy atom. The van der Waals surface area contributed by atoms with Gasteiger partial charge in [-0.2, -0.15) is 5.10 Å². The number of nitrogens with zero attached hydrogens (tertiary/aromatic N) is 2. The molecule has 1 aromatic heterocycles. The molecule has 16 heavy (non-hydrogen) atoms. The summed E-state index contributed by atoms with van der Waals surface area (Å²) in [6, 6.07) is 2.65. The van der Waals surface area contributed by atoms with Gasteiger partial charge in [0.15, 0.2) is 0 Å². The standard InChI is InChI=1S/C13H21N3/c1-3-14-13(12-4-5-16(2)15-12)11-7-9-6-10(9)8-11/h4-5,9-11,13-14H,3,6-8H2,1-2H3. The molecule has 0 saturated heterocycles. The van der Waals surface area contributed by atoms with Gasteiger partial charge in [0.2, 0.25) is 0 Å². The van der Waals surface area contributed by atoms with Crippen LogP contribution in [0.2, 0.25) is 0 Å². The van der Waals surface area contributed by atoms with Gasteiger partial charge in [-0.05, 0) is 49.6 Å². The van der Waals surface area contributed by atoms with E-state index in [9.17, 15) is 0 Å². The largest absolute Gasteiger partial charge is 0.309 e. The summed E-state index contributed by atoms with van der Waals surface area (Å²) in [4.78, 5) is 0. The number of rotatable bonds is 4. The second-order valence-corrected chi connectivity index (χ2v) is 5.44. The van der Waals surface area contributed by atoms with Gasteiger partial charge in [0.25, 0.3) is 0 Å². The Labute approximate surface area is 97.2 Å². The molecule has 1 N–H and O–H groups in total. The van der Waals surface area contributed by atoms with Crippen LogP contribution in [0.25, 0.3) is 0 Å². The second kappa shape index (κ2) is 3.88. The topological polar surface area (TPSA) is 29.9 Å². The molecule has 1 heterocycles. The normalized spacial score (nSPS) is 33.8. The predicted octanol–water partition coefficient (Wildman–Crippen LogP) is 2.12. The minimum Gasteiger partial charge on any atom is -0.309 e. The molecule has 2 aliphatic carbocycles. The second-order valence-electron chi connectivity index (χ2n) is 5.44. The summed E-state index contributed by atoms with van der Waals surface area (Å²) in [6.45, 7) is 3.22. The molecule has 3 heteroatoms. The molecule has 3 nitrogen and oxygen atoms in total. The number of aryl methyl sites for hydroxylation is 1. The van der Waals surface area contributed by atoms with Crippen molar-refractivity contribution in [3.8, 4) is 0 Å². The van der Waals surface area contributed by atoms with E-state index in [2.05, 4.69) is 29.6 Å². The molecule has 0 radical (unpaired) electrons. The average molecular weight is 219 g/mol. The molecule has 0 amide bonds. The smallest absolute Gasteiger partial charge is 0.0796 e. The van der Waals surface area contributed by atoms with Crippen LogP contribution in [0.5, 0.6) is 0 Å². The van der Waals surface area contributed by atoms with E-state index >= 15 is 0 Å². The zero-order chi connectivity index (χ0) is 11.1. The van der Waals surface area contributed by atoms with Gasteiger partial charge in [-0.15, -0.1) is 0 Å². The molecule has 0 bridgehead atoms. The molecule has 2 aliphatic rings. The van der Waals surface area contributed by atoms with Crippen molar-refractivity contribution in [2.24, 2.45) is 24.8 Å². The number of fused-ring (bicyclic) bond motifs is 1. The summed E-state index contributed by atoms with van der Waals surface area (Å²) in [5.41, 5.74) is 1.23. The van der Waals surface area contributed by atoms with Crippen molar-refractivity contribution >= 4 is 0 Å². The van der Waals surface area contributed by atoms with Crippen LogP contribution in [0.4, 0.5) is 0 Å². The minimum absolute atomic E-state index is 0.485. The Hall–Kier alpha value is -0.830. The maximum atomic E-state index is 4.57. The van der Waals surface area contributed by atoms with Crippen LogP contribution in [0, 0.1) is 17.8 Å². The van der Waals surface area contributed by atoms with Crippen LogP contribution in [-0.2, 0) is 7.05 Å². The third kappa shape index (κ3) is 1.77. The van der Waals surface area contributed by atoms with E-state index in [0.29, 0.717) is 6.04 Å². The molecule has 3 atom stereocenters. The van der Waals surface area contributed by atoms with E-state index in [1.807, 2.05) is 11.7 Å². The van der Waals surface area contributed by atoms with Gasteiger partial charge in [-0.25, -0.2) is 0 Å². The molecule has 3 rings (SSSR count). The molecule has 88 valence electrons. The fraction of sp³-hybridized carbons (Fsp3) is 0.769. The molecular weight excluding hydrogens is 198 g/mol. The number of hydrogen-bond donors (Lipinski definition) is 1. The molecule has 2 saturated carbocycles. The Balaban J connectivity index is 1.75. The van der Waals surface area contributed by atoms with Gasteiger partial charge in [0, 0.05) is 13.2 Å². The van der Waals surface area contributed by atoms with Crippen molar-refractivity contribution in [2.75, 3.05) is 6.54 Å². The first kappa shape index (κ1) is 10.3. The SMILES string of the molecule is CCNC(c1ccn(C)n1)C1CC2CC2C1. The van der Waals surface area contributed by atoms with E-state index in [-0.39, 0.29) is 0 Å². The van der Waals surface area contributed by atoms with Gasteiger partial charge in [0.1, 0.15) is 0 Å². The van der Waals surface area contributed by atoms with Crippen LogP contribution in [0.1, 0.15) is 37.9 Å². The zero-order valence-electron chi connectivity index (χ0n) is 10.2. The quantitative estimate of drug-likeness (QED) is 0.840. The third-order valence-electron chi connectivity index (χ3n) is 4.23. The molecule has 2 fully saturated rings. The first-order chi connectivity index (χ1) is 7.78. The summed E-state index contributed by atoms with van der Waals surface area (Å²) < 4.78 is 1.91. The van der Waals surface area contributed by atoms with Crippen molar-refractivity contribution in [1.82, 2.24) is 15.1 Å². The molecule has 0 aromatic carbocycles. The molecule has 1 aromatic rings. The monoisotopic (exact) mass is 219 g/mol. The number of nitrogens with one attached hydrogen (secondary N) is 1. The lowest BCUT2D eigenvalue weighted by Gasteiger charge is -2.23. The van der Waals surface area contributed by atoms with Gasteiger partial charge >= 0.3 is 0 Å². The van der Waals surface area contributed by atoms with E-state index in [4.69, 9.17) is 0 Å². The van der Waals surface area contributed by atoms with Crippen LogP contribution in [-0.4, -0.2) is 16.3 Å². The van der Waals surface area contributed by atoms with E-state index < -0.39 is 0 Å². The summed E-state index contributed by atoms with van der Waals surface area (Å²) in [5, 5.41) is 8.19. The summed E-state index contributed by atoms with van der Waals surface area (Å²) in [7, 11) is 2.00. The highest BCUT2D eigenvalue weighted by Gasteiger charge is 2.48. The first-order valence-electron chi connectivity index (χ1n) is 6.51. The highest BCUT2D eigenvalue weighted by atomic mass is 15.3. The fourth-order valence-electron chi connectivity index (χ4n) is 3.37. The summed E-state index contributed by atoms with van der Waals surface area (Å²) in [5.74, 6) is 2.92. The third-order valence-corrected chi connectivity index (χ3v) is 4.23. The van der Waals surface area contributed by atoms with Gasteiger partial charge in [-0.3, -0.25) is 4.68 Å². The molecule has 3 unspecified atom stereocenters.